The van der Waals surface area contributed by atoms with Gasteiger partial charge in [0, 0.05) is 5.56 Å². The number of thiazole rings is 1. The first-order valence-corrected chi connectivity index (χ1v) is 14.6. The van der Waals surface area contributed by atoms with E-state index in [0.29, 0.717) is 34.4 Å². The maximum atomic E-state index is 13.7. The van der Waals surface area contributed by atoms with Crippen LogP contribution in [0.5, 0.6) is 11.5 Å². The fourth-order valence-electron chi connectivity index (χ4n) is 5.11. The van der Waals surface area contributed by atoms with E-state index >= 15 is 0 Å². The van der Waals surface area contributed by atoms with Crippen LogP contribution in [0.4, 0.5) is 5.13 Å². The van der Waals surface area contributed by atoms with E-state index < -0.39 is 17.7 Å². The molecule has 1 amide bonds. The highest BCUT2D eigenvalue weighted by Crippen LogP contribution is 2.46. The minimum absolute atomic E-state index is 0.0119. The minimum atomic E-state index is -0.917. The van der Waals surface area contributed by atoms with Crippen molar-refractivity contribution >= 4 is 44.1 Å². The number of fused-ring (bicyclic) bond motifs is 1. The van der Waals surface area contributed by atoms with Crippen molar-refractivity contribution in [1.29, 1.82) is 0 Å². The van der Waals surface area contributed by atoms with Gasteiger partial charge in [0.05, 0.1) is 35.5 Å². The zero-order valence-corrected chi connectivity index (χ0v) is 24.8. The van der Waals surface area contributed by atoms with Gasteiger partial charge in [0.2, 0.25) is 0 Å². The number of ether oxygens (including phenoxy) is 2. The Balaban J connectivity index is 1.68. The minimum Gasteiger partial charge on any atom is -0.507 e. The molecular weight excluding hydrogens is 536 g/mol. The molecule has 1 atom stereocenters. The first-order valence-electron chi connectivity index (χ1n) is 13.8. The first-order chi connectivity index (χ1) is 19.7. The fraction of sp³-hybridized carbons (Fsp3) is 0.303. The molecule has 0 aliphatic carbocycles. The lowest BCUT2D eigenvalue weighted by atomic mass is 9.93. The van der Waals surface area contributed by atoms with Crippen molar-refractivity contribution in [3.8, 4) is 11.5 Å². The van der Waals surface area contributed by atoms with Crippen LogP contribution in [-0.4, -0.2) is 35.5 Å². The summed E-state index contributed by atoms with van der Waals surface area (Å²) in [5, 5.41) is 12.0. The highest BCUT2D eigenvalue weighted by atomic mass is 32.1. The number of carbonyl (C=O) groups excluding carboxylic acids is 2. The summed E-state index contributed by atoms with van der Waals surface area (Å²) in [5.74, 6) is -0.655. The number of hydrogen-bond donors (Lipinski definition) is 1. The summed E-state index contributed by atoms with van der Waals surface area (Å²) in [6.07, 6.45) is 3.08. The van der Waals surface area contributed by atoms with Crippen LogP contribution in [0, 0.1) is 20.8 Å². The topological polar surface area (TPSA) is 89.0 Å². The van der Waals surface area contributed by atoms with Crippen molar-refractivity contribution < 1.29 is 24.2 Å². The van der Waals surface area contributed by atoms with Crippen LogP contribution in [0.25, 0.3) is 16.0 Å². The van der Waals surface area contributed by atoms with Crippen molar-refractivity contribution in [2.45, 2.75) is 53.0 Å². The third kappa shape index (κ3) is 5.44. The van der Waals surface area contributed by atoms with Gasteiger partial charge in [-0.1, -0.05) is 60.9 Å². The van der Waals surface area contributed by atoms with Gasteiger partial charge in [0.15, 0.2) is 16.6 Å². The summed E-state index contributed by atoms with van der Waals surface area (Å²) >= 11 is 1.34. The number of benzene rings is 3. The molecule has 3 aromatic carbocycles. The van der Waals surface area contributed by atoms with Gasteiger partial charge in [-0.25, -0.2) is 4.98 Å². The Morgan fingerprint density at radius 1 is 0.976 bits per heavy atom. The number of aromatic nitrogens is 1. The third-order valence-electron chi connectivity index (χ3n) is 7.34. The van der Waals surface area contributed by atoms with Gasteiger partial charge in [-0.05, 0) is 74.2 Å². The zero-order valence-electron chi connectivity index (χ0n) is 24.0. The average molecular weight is 571 g/mol. The van der Waals surface area contributed by atoms with E-state index in [4.69, 9.17) is 14.5 Å². The van der Waals surface area contributed by atoms with E-state index in [0.717, 1.165) is 46.2 Å². The van der Waals surface area contributed by atoms with Crippen LogP contribution in [0.1, 0.15) is 60.0 Å². The molecule has 7 nitrogen and oxygen atoms in total. The SMILES string of the molecule is CCCCCOc1ccc(C2/C(=C(\O)c3cc(C)ccc3C)C(=O)C(=O)N2c2nc3ccc(C)cc3s2)cc1OC. The van der Waals surface area contributed by atoms with E-state index in [9.17, 15) is 14.7 Å². The fourth-order valence-corrected chi connectivity index (χ4v) is 6.20. The molecule has 1 unspecified atom stereocenters. The molecule has 0 bridgehead atoms. The van der Waals surface area contributed by atoms with E-state index in [1.54, 1.807) is 19.2 Å². The molecular formula is C33H34N2O5S. The quantitative estimate of drug-likeness (QED) is 0.0975. The molecule has 2 heterocycles. The smallest absolute Gasteiger partial charge is 0.301 e. The standard InChI is InChI=1S/C33H34N2O5S/c1-6-7-8-15-40-25-14-12-22(18-26(25)39-5)29-28(30(36)23-16-19(2)9-11-21(23)4)31(37)32(38)35(29)33-34-24-13-10-20(3)17-27(24)41-33/h9-14,16-18,29,36H,6-8,15H2,1-5H3/b30-28+. The predicted octanol–water partition coefficient (Wildman–Crippen LogP) is 7.43. The number of amides is 1. The van der Waals surface area contributed by atoms with Gasteiger partial charge in [0.1, 0.15) is 5.76 Å². The van der Waals surface area contributed by atoms with Gasteiger partial charge in [0.25, 0.3) is 5.78 Å². The molecule has 4 aromatic rings. The molecule has 1 saturated heterocycles. The number of rotatable bonds is 9. The molecule has 212 valence electrons. The Morgan fingerprint density at radius 3 is 2.49 bits per heavy atom. The number of aliphatic hydroxyl groups is 1. The molecule has 41 heavy (non-hydrogen) atoms. The van der Waals surface area contributed by atoms with Crippen molar-refractivity contribution in [3.05, 3.63) is 88.0 Å². The first kappa shape index (κ1) is 28.4. The Kier molecular flexibility index (Phi) is 8.13. The largest absolute Gasteiger partial charge is 0.507 e. The van der Waals surface area contributed by atoms with Gasteiger partial charge in [-0.15, -0.1) is 0 Å². The van der Waals surface area contributed by atoms with E-state index in [2.05, 4.69) is 6.92 Å². The zero-order chi connectivity index (χ0) is 29.3. The summed E-state index contributed by atoms with van der Waals surface area (Å²) in [6, 6.07) is 16.0. The number of nitrogens with zero attached hydrogens (tertiary/aromatic N) is 2. The number of ketones is 1. The molecule has 0 radical (unpaired) electrons. The Bertz CT molecular complexity index is 1670. The second-order valence-electron chi connectivity index (χ2n) is 10.4. The molecule has 1 aliphatic heterocycles. The lowest BCUT2D eigenvalue weighted by Crippen LogP contribution is -2.29. The summed E-state index contributed by atoms with van der Waals surface area (Å²) in [5.41, 5.74) is 4.65. The molecule has 1 aromatic heterocycles. The molecule has 1 fully saturated rings. The van der Waals surface area contributed by atoms with E-state index in [-0.39, 0.29) is 11.3 Å². The van der Waals surface area contributed by atoms with Gasteiger partial charge < -0.3 is 14.6 Å². The molecule has 5 rings (SSSR count). The average Bonchev–Trinajstić information content (AvgIpc) is 3.49. The number of aryl methyl sites for hydroxylation is 3. The Hall–Kier alpha value is -4.17. The maximum Gasteiger partial charge on any atom is 0.301 e. The predicted molar refractivity (Wildman–Crippen MR) is 163 cm³/mol. The van der Waals surface area contributed by atoms with Crippen LogP contribution >= 0.6 is 11.3 Å². The molecule has 1 N–H and O–H groups in total. The van der Waals surface area contributed by atoms with Crippen LogP contribution in [-0.2, 0) is 9.59 Å². The molecule has 0 spiro atoms. The normalized spacial score (nSPS) is 16.5. The molecule has 0 saturated carbocycles. The third-order valence-corrected chi connectivity index (χ3v) is 8.36. The lowest BCUT2D eigenvalue weighted by Gasteiger charge is -2.24. The maximum absolute atomic E-state index is 13.7. The summed E-state index contributed by atoms with van der Waals surface area (Å²) < 4.78 is 12.6. The number of anilines is 1. The number of hydrogen-bond acceptors (Lipinski definition) is 7. The van der Waals surface area contributed by atoms with E-state index in [1.807, 2.05) is 63.2 Å². The van der Waals surface area contributed by atoms with Gasteiger partial charge in [-0.3, -0.25) is 14.5 Å². The molecule has 1 aliphatic rings. The molecule has 8 heteroatoms. The number of aliphatic hydroxyl groups excluding tert-OH is 1. The van der Waals surface area contributed by atoms with Crippen LogP contribution < -0.4 is 14.4 Å². The number of Topliss-reactive ketones (excluding diaryl/α,β-unsaturated/α-hetero) is 1. The van der Waals surface area contributed by atoms with Crippen LogP contribution in [0.3, 0.4) is 0 Å². The van der Waals surface area contributed by atoms with Crippen LogP contribution in [0.2, 0.25) is 0 Å². The second-order valence-corrected chi connectivity index (χ2v) is 11.4. The van der Waals surface area contributed by atoms with Crippen molar-refractivity contribution in [1.82, 2.24) is 4.98 Å². The highest BCUT2D eigenvalue weighted by molar-refractivity contribution is 7.22. The number of methoxy groups -OCH3 is 1. The van der Waals surface area contributed by atoms with Crippen molar-refractivity contribution in [3.63, 3.8) is 0 Å². The van der Waals surface area contributed by atoms with Crippen molar-refractivity contribution in [2.75, 3.05) is 18.6 Å². The summed E-state index contributed by atoms with van der Waals surface area (Å²) in [6.45, 7) is 8.46. The van der Waals surface area contributed by atoms with E-state index in [1.165, 1.54) is 16.2 Å². The Morgan fingerprint density at radius 2 is 1.73 bits per heavy atom. The van der Waals surface area contributed by atoms with Crippen LogP contribution in [0.15, 0.2) is 60.2 Å². The lowest BCUT2D eigenvalue weighted by molar-refractivity contribution is -0.132. The Labute approximate surface area is 244 Å². The summed E-state index contributed by atoms with van der Waals surface area (Å²) in [7, 11) is 1.56. The van der Waals surface area contributed by atoms with Gasteiger partial charge in [-0.2, -0.15) is 0 Å². The summed E-state index contributed by atoms with van der Waals surface area (Å²) in [4.78, 5) is 33.5. The highest BCUT2D eigenvalue weighted by Gasteiger charge is 2.48. The monoisotopic (exact) mass is 570 g/mol. The van der Waals surface area contributed by atoms with Gasteiger partial charge >= 0.3 is 5.91 Å². The number of carbonyl (C=O) groups is 2. The number of unbranched alkanes of at least 4 members (excludes halogenated alkanes) is 2. The second kappa shape index (κ2) is 11.7. The van der Waals surface area contributed by atoms with Crippen molar-refractivity contribution in [2.24, 2.45) is 0 Å².